The number of rotatable bonds is 6. The normalized spacial score (nSPS) is 16.5. The predicted octanol–water partition coefficient (Wildman–Crippen LogP) is 4.28. The highest BCUT2D eigenvalue weighted by molar-refractivity contribution is 5.63. The van der Waals surface area contributed by atoms with Gasteiger partial charge >= 0.3 is 0 Å². The lowest BCUT2D eigenvalue weighted by atomic mass is 9.92. The average Bonchev–Trinajstić information content (AvgIpc) is 2.82. The second kappa shape index (κ2) is 6.04. The van der Waals surface area contributed by atoms with Crippen LogP contribution in [0.2, 0.25) is 0 Å². The molecule has 17 heavy (non-hydrogen) atoms. The summed E-state index contributed by atoms with van der Waals surface area (Å²) in [5.41, 5.74) is 1.47. The molecule has 2 heterocycles. The maximum absolute atomic E-state index is 4.50. The summed E-state index contributed by atoms with van der Waals surface area (Å²) in [4.78, 5) is 4.50. The van der Waals surface area contributed by atoms with Crippen molar-refractivity contribution in [2.75, 3.05) is 0 Å². The van der Waals surface area contributed by atoms with Crippen molar-refractivity contribution in [3.05, 3.63) is 24.3 Å². The van der Waals surface area contributed by atoms with Gasteiger partial charge in [0.25, 0.3) is 0 Å². The minimum atomic E-state index is 0.660. The van der Waals surface area contributed by atoms with Crippen molar-refractivity contribution in [3.63, 3.8) is 0 Å². The van der Waals surface area contributed by atoms with Crippen LogP contribution in [-0.2, 0) is 6.54 Å². The van der Waals surface area contributed by atoms with Crippen LogP contribution in [0.1, 0.15) is 58.2 Å². The first-order valence-electron chi connectivity index (χ1n) is 7.04. The summed E-state index contributed by atoms with van der Waals surface area (Å²) >= 11 is 0. The Labute approximate surface area is 105 Å². The van der Waals surface area contributed by atoms with Crippen LogP contribution in [0.3, 0.4) is 0 Å². The van der Waals surface area contributed by atoms with Crippen molar-refractivity contribution in [2.24, 2.45) is 5.92 Å². The molecule has 0 bridgehead atoms. The quantitative estimate of drug-likeness (QED) is 0.669. The Balaban J connectivity index is 1.91. The zero-order chi connectivity index (χ0) is 12.1. The summed E-state index contributed by atoms with van der Waals surface area (Å²) in [6.45, 7) is 5.72. The lowest BCUT2D eigenvalue weighted by Crippen LogP contribution is -2.11. The molecule has 2 nitrogen and oxygen atoms in total. The van der Waals surface area contributed by atoms with E-state index in [1.165, 1.54) is 43.5 Å². The van der Waals surface area contributed by atoms with Gasteiger partial charge in [0, 0.05) is 18.9 Å². The molecule has 0 radical (unpaired) electrons. The molecule has 94 valence electrons. The van der Waals surface area contributed by atoms with E-state index in [1.54, 1.807) is 0 Å². The summed E-state index contributed by atoms with van der Waals surface area (Å²) < 4.78 is 2.29. The molecule has 1 unspecified atom stereocenters. The molecule has 1 aliphatic rings. The number of unbranched alkanes of at least 4 members (excludes halogenated alkanes) is 3. The molecule has 0 aromatic carbocycles. The van der Waals surface area contributed by atoms with Gasteiger partial charge < -0.3 is 4.57 Å². The Morgan fingerprint density at radius 2 is 2.24 bits per heavy atom. The highest BCUT2D eigenvalue weighted by Crippen LogP contribution is 2.29. The molecule has 0 N–H and O–H groups in total. The maximum atomic E-state index is 4.50. The molecule has 1 aromatic heterocycles. The van der Waals surface area contributed by atoms with Crippen LogP contribution in [0.25, 0.3) is 5.57 Å². The number of hydrogen-bond donors (Lipinski definition) is 0. The van der Waals surface area contributed by atoms with Gasteiger partial charge in [-0.15, -0.1) is 0 Å². The van der Waals surface area contributed by atoms with E-state index in [4.69, 9.17) is 0 Å². The monoisotopic (exact) mass is 232 g/mol. The molecule has 2 rings (SSSR count). The first kappa shape index (κ1) is 12.4. The van der Waals surface area contributed by atoms with Gasteiger partial charge in [-0.2, -0.15) is 0 Å². The van der Waals surface area contributed by atoms with E-state index >= 15 is 0 Å². The Bertz CT molecular complexity index is 376. The number of aromatic nitrogens is 2. The van der Waals surface area contributed by atoms with E-state index in [1.807, 2.05) is 6.20 Å². The van der Waals surface area contributed by atoms with Crippen LogP contribution in [-0.4, -0.2) is 9.55 Å². The smallest absolute Gasteiger partial charge is 0.135 e. The van der Waals surface area contributed by atoms with Crippen molar-refractivity contribution in [3.8, 4) is 0 Å². The third-order valence-electron chi connectivity index (χ3n) is 3.73. The summed E-state index contributed by atoms with van der Waals surface area (Å²) in [6, 6.07) is 0. The van der Waals surface area contributed by atoms with Crippen molar-refractivity contribution >= 4 is 5.57 Å². The standard InChI is InChI=1S/C15H24N2/c1-3-4-5-6-8-13(2)14-9-7-11-17-12-10-16-15(14)17/h9-10,12-13H,3-8,11H2,1-2H3. The highest BCUT2D eigenvalue weighted by atomic mass is 15.1. The lowest BCUT2D eigenvalue weighted by molar-refractivity contribution is 0.557. The maximum Gasteiger partial charge on any atom is 0.135 e. The predicted molar refractivity (Wildman–Crippen MR) is 72.7 cm³/mol. The van der Waals surface area contributed by atoms with Crippen molar-refractivity contribution in [1.29, 1.82) is 0 Å². The topological polar surface area (TPSA) is 17.8 Å². The fourth-order valence-electron chi connectivity index (χ4n) is 2.65. The fourth-order valence-corrected chi connectivity index (χ4v) is 2.65. The van der Waals surface area contributed by atoms with Crippen LogP contribution in [0.15, 0.2) is 18.5 Å². The molecule has 0 amide bonds. The van der Waals surface area contributed by atoms with Gasteiger partial charge in [-0.25, -0.2) is 4.98 Å². The zero-order valence-electron chi connectivity index (χ0n) is 11.2. The van der Waals surface area contributed by atoms with E-state index in [-0.39, 0.29) is 0 Å². The minimum absolute atomic E-state index is 0.660. The van der Waals surface area contributed by atoms with Crippen LogP contribution in [0.5, 0.6) is 0 Å². The molecular formula is C15H24N2. The van der Waals surface area contributed by atoms with Crippen LogP contribution < -0.4 is 0 Å². The summed E-state index contributed by atoms with van der Waals surface area (Å²) in [7, 11) is 0. The first-order chi connectivity index (χ1) is 8.33. The molecule has 0 fully saturated rings. The molecule has 1 atom stereocenters. The zero-order valence-corrected chi connectivity index (χ0v) is 11.2. The minimum Gasteiger partial charge on any atom is -0.331 e. The third kappa shape index (κ3) is 2.99. The molecule has 2 heteroatoms. The van der Waals surface area contributed by atoms with Gasteiger partial charge in [0.15, 0.2) is 0 Å². The molecule has 1 aromatic rings. The SMILES string of the molecule is CCCCCCC(C)C1=CCCn2ccnc21. The highest BCUT2D eigenvalue weighted by Gasteiger charge is 2.18. The molecule has 1 aliphatic heterocycles. The Morgan fingerprint density at radius 1 is 1.35 bits per heavy atom. The van der Waals surface area contributed by atoms with Crippen molar-refractivity contribution < 1.29 is 0 Å². The first-order valence-corrected chi connectivity index (χ1v) is 7.04. The van der Waals surface area contributed by atoms with Gasteiger partial charge in [0.1, 0.15) is 5.82 Å². The number of allylic oxidation sites excluding steroid dienone is 2. The fraction of sp³-hybridized carbons (Fsp3) is 0.667. The Hall–Kier alpha value is -1.05. The number of imidazole rings is 1. The van der Waals surface area contributed by atoms with Gasteiger partial charge in [-0.05, 0) is 24.3 Å². The molecule has 0 spiro atoms. The van der Waals surface area contributed by atoms with Crippen LogP contribution in [0.4, 0.5) is 0 Å². The van der Waals surface area contributed by atoms with Gasteiger partial charge in [-0.1, -0.05) is 45.6 Å². The molecule has 0 saturated carbocycles. The Morgan fingerprint density at radius 3 is 3.06 bits per heavy atom. The number of hydrogen-bond acceptors (Lipinski definition) is 1. The number of aryl methyl sites for hydroxylation is 1. The summed E-state index contributed by atoms with van der Waals surface area (Å²) in [5.74, 6) is 1.87. The average molecular weight is 232 g/mol. The summed E-state index contributed by atoms with van der Waals surface area (Å²) in [6.07, 6.45) is 14.3. The van der Waals surface area contributed by atoms with E-state index in [0.717, 1.165) is 13.0 Å². The molecule has 0 aliphatic carbocycles. The Kier molecular flexibility index (Phi) is 4.41. The number of fused-ring (bicyclic) bond motifs is 1. The van der Waals surface area contributed by atoms with Gasteiger partial charge in [0.2, 0.25) is 0 Å². The van der Waals surface area contributed by atoms with E-state index < -0.39 is 0 Å². The second-order valence-corrected chi connectivity index (χ2v) is 5.14. The van der Waals surface area contributed by atoms with Crippen LogP contribution in [0, 0.1) is 5.92 Å². The third-order valence-corrected chi connectivity index (χ3v) is 3.73. The molecule has 0 saturated heterocycles. The number of nitrogens with zero attached hydrogens (tertiary/aromatic N) is 2. The van der Waals surface area contributed by atoms with Gasteiger partial charge in [-0.3, -0.25) is 0 Å². The van der Waals surface area contributed by atoms with Crippen molar-refractivity contribution in [2.45, 2.75) is 58.9 Å². The van der Waals surface area contributed by atoms with Gasteiger partial charge in [0.05, 0.1) is 0 Å². The lowest BCUT2D eigenvalue weighted by Gasteiger charge is -2.21. The second-order valence-electron chi connectivity index (χ2n) is 5.14. The van der Waals surface area contributed by atoms with E-state index in [0.29, 0.717) is 5.92 Å². The van der Waals surface area contributed by atoms with Crippen molar-refractivity contribution in [1.82, 2.24) is 9.55 Å². The van der Waals surface area contributed by atoms with Crippen LogP contribution >= 0.6 is 0 Å². The largest absolute Gasteiger partial charge is 0.331 e. The molecular weight excluding hydrogens is 208 g/mol. The summed E-state index contributed by atoms with van der Waals surface area (Å²) in [5, 5.41) is 0. The van der Waals surface area contributed by atoms with E-state index in [9.17, 15) is 0 Å². The van der Waals surface area contributed by atoms with E-state index in [2.05, 4.69) is 35.7 Å².